The van der Waals surface area contributed by atoms with Crippen molar-refractivity contribution < 1.29 is 9.90 Å². The summed E-state index contributed by atoms with van der Waals surface area (Å²) < 4.78 is 1.82. The molecule has 1 aromatic heterocycles. The molecular formula is C12H7NO2S2. The summed E-state index contributed by atoms with van der Waals surface area (Å²) in [5, 5.41) is 10.8. The van der Waals surface area contributed by atoms with Crippen molar-refractivity contribution in [1.82, 2.24) is 4.98 Å². The van der Waals surface area contributed by atoms with Gasteiger partial charge in [-0.2, -0.15) is 0 Å². The molecule has 1 heterocycles. The Bertz CT molecular complexity index is 801. The van der Waals surface area contributed by atoms with Crippen molar-refractivity contribution in [3.05, 3.63) is 39.8 Å². The van der Waals surface area contributed by atoms with Crippen molar-refractivity contribution in [3.63, 3.8) is 0 Å². The molecule has 0 aliphatic heterocycles. The number of carboxylic acid groups (broad SMARTS) is 1. The van der Waals surface area contributed by atoms with Crippen LogP contribution in [0.2, 0.25) is 0 Å². The Morgan fingerprint density at radius 1 is 1.29 bits per heavy atom. The van der Waals surface area contributed by atoms with Gasteiger partial charge < -0.3 is 10.1 Å². The molecule has 2 N–H and O–H groups in total. The van der Waals surface area contributed by atoms with Crippen molar-refractivity contribution in [2.75, 3.05) is 0 Å². The first-order chi connectivity index (χ1) is 8.15. The molecular weight excluding hydrogens is 254 g/mol. The highest BCUT2D eigenvalue weighted by Gasteiger charge is 2.07. The minimum atomic E-state index is -0.912. The first-order valence-corrected chi connectivity index (χ1v) is 6.16. The Kier molecular flexibility index (Phi) is 2.24. The second-order valence-electron chi connectivity index (χ2n) is 3.69. The maximum atomic E-state index is 10.9. The van der Waals surface area contributed by atoms with Crippen LogP contribution in [0, 0.1) is 3.95 Å². The Hall–Kier alpha value is -1.72. The number of benzene rings is 2. The molecule has 5 heteroatoms. The van der Waals surface area contributed by atoms with Crippen molar-refractivity contribution in [2.24, 2.45) is 0 Å². The van der Waals surface area contributed by atoms with Crippen LogP contribution in [0.15, 0.2) is 30.3 Å². The van der Waals surface area contributed by atoms with Gasteiger partial charge in [0, 0.05) is 5.39 Å². The van der Waals surface area contributed by atoms with E-state index in [-0.39, 0.29) is 0 Å². The maximum absolute atomic E-state index is 10.9. The van der Waals surface area contributed by atoms with Gasteiger partial charge in [0.05, 0.1) is 15.8 Å². The molecule has 3 nitrogen and oxygen atoms in total. The van der Waals surface area contributed by atoms with E-state index >= 15 is 0 Å². The number of aromatic carboxylic acids is 1. The summed E-state index contributed by atoms with van der Waals surface area (Å²) in [6.07, 6.45) is 0. The van der Waals surface area contributed by atoms with E-state index < -0.39 is 5.97 Å². The number of nitrogens with one attached hydrogen (secondary N) is 1. The summed E-state index contributed by atoms with van der Waals surface area (Å²) in [6.45, 7) is 0. The number of carboxylic acids is 1. The van der Waals surface area contributed by atoms with Crippen LogP contribution in [0.5, 0.6) is 0 Å². The molecule has 0 saturated heterocycles. The zero-order chi connectivity index (χ0) is 12.0. The molecule has 0 aliphatic rings. The van der Waals surface area contributed by atoms with Crippen LogP contribution < -0.4 is 0 Å². The number of aromatic amines is 1. The first-order valence-electron chi connectivity index (χ1n) is 4.94. The number of hydrogen-bond donors (Lipinski definition) is 2. The van der Waals surface area contributed by atoms with Crippen molar-refractivity contribution in [3.8, 4) is 0 Å². The van der Waals surface area contributed by atoms with Gasteiger partial charge in [-0.1, -0.05) is 12.1 Å². The smallest absolute Gasteiger partial charge is 0.335 e. The normalized spacial score (nSPS) is 11.1. The summed E-state index contributed by atoms with van der Waals surface area (Å²) in [4.78, 5) is 14.0. The lowest BCUT2D eigenvalue weighted by molar-refractivity contribution is 0.0697. The van der Waals surface area contributed by atoms with E-state index in [0.717, 1.165) is 24.9 Å². The highest BCUT2D eigenvalue weighted by atomic mass is 32.1. The third-order valence-corrected chi connectivity index (χ3v) is 3.86. The number of carbonyl (C=O) groups is 1. The summed E-state index contributed by atoms with van der Waals surface area (Å²) in [5.74, 6) is -0.912. The Labute approximate surface area is 105 Å². The summed E-state index contributed by atoms with van der Waals surface area (Å²) in [5.41, 5.74) is 1.28. The second kappa shape index (κ2) is 3.65. The molecule has 3 rings (SSSR count). The van der Waals surface area contributed by atoms with Crippen LogP contribution >= 0.6 is 23.6 Å². The van der Waals surface area contributed by atoms with E-state index in [0.29, 0.717) is 5.56 Å². The third-order valence-electron chi connectivity index (χ3n) is 2.66. The predicted octanol–water partition coefficient (Wildman–Crippen LogP) is 3.81. The molecule has 84 valence electrons. The molecule has 0 amide bonds. The Morgan fingerprint density at radius 2 is 2.12 bits per heavy atom. The van der Waals surface area contributed by atoms with Gasteiger partial charge in [0.15, 0.2) is 3.95 Å². The first kappa shape index (κ1) is 10.4. The minimum Gasteiger partial charge on any atom is -0.478 e. The van der Waals surface area contributed by atoms with Crippen LogP contribution in [0.4, 0.5) is 0 Å². The van der Waals surface area contributed by atoms with Crippen molar-refractivity contribution in [1.29, 1.82) is 0 Å². The highest BCUT2D eigenvalue weighted by molar-refractivity contribution is 7.73. The fourth-order valence-corrected chi connectivity index (χ4v) is 3.01. The average molecular weight is 261 g/mol. The monoisotopic (exact) mass is 261 g/mol. The van der Waals surface area contributed by atoms with Gasteiger partial charge in [-0.25, -0.2) is 4.79 Å². The molecule has 0 radical (unpaired) electrons. The average Bonchev–Trinajstić information content (AvgIpc) is 2.69. The quantitative estimate of drug-likeness (QED) is 0.655. The number of thiazole rings is 1. The van der Waals surface area contributed by atoms with Gasteiger partial charge in [0.2, 0.25) is 0 Å². The molecule has 0 aliphatic carbocycles. The molecule has 0 spiro atoms. The molecule has 0 bridgehead atoms. The van der Waals surface area contributed by atoms with Gasteiger partial charge in [-0.15, -0.1) is 11.3 Å². The van der Waals surface area contributed by atoms with E-state index in [1.807, 2.05) is 18.2 Å². The second-order valence-corrected chi connectivity index (χ2v) is 5.41. The van der Waals surface area contributed by atoms with Crippen molar-refractivity contribution >= 4 is 50.5 Å². The lowest BCUT2D eigenvalue weighted by Gasteiger charge is -2.00. The van der Waals surface area contributed by atoms with E-state index in [1.165, 1.54) is 11.3 Å². The summed E-state index contributed by atoms with van der Waals surface area (Å²) in [6, 6.07) is 8.98. The van der Waals surface area contributed by atoms with Crippen LogP contribution in [0.25, 0.3) is 21.0 Å². The highest BCUT2D eigenvalue weighted by Crippen LogP contribution is 2.28. The zero-order valence-corrected chi connectivity index (χ0v) is 10.2. The number of aromatic nitrogens is 1. The minimum absolute atomic E-state index is 0.297. The van der Waals surface area contributed by atoms with Crippen LogP contribution in [-0.2, 0) is 0 Å². The number of fused-ring (bicyclic) bond motifs is 3. The van der Waals surface area contributed by atoms with Gasteiger partial charge in [0.25, 0.3) is 0 Å². The fraction of sp³-hybridized carbons (Fsp3) is 0. The molecule has 0 saturated carbocycles. The number of H-pyrrole nitrogens is 1. The van der Waals surface area contributed by atoms with E-state index in [2.05, 4.69) is 4.98 Å². The summed E-state index contributed by atoms with van der Waals surface area (Å²) in [7, 11) is 0. The van der Waals surface area contributed by atoms with Gasteiger partial charge >= 0.3 is 5.97 Å². The number of hydrogen-bond acceptors (Lipinski definition) is 3. The fourth-order valence-electron chi connectivity index (χ4n) is 1.88. The molecule has 3 aromatic rings. The van der Waals surface area contributed by atoms with E-state index in [4.69, 9.17) is 17.3 Å². The van der Waals surface area contributed by atoms with E-state index in [1.54, 1.807) is 12.1 Å². The SMILES string of the molecule is O=C(O)c1ccc2c(ccc3sc(=S)[nH]c32)c1. The Morgan fingerprint density at radius 3 is 2.88 bits per heavy atom. The maximum Gasteiger partial charge on any atom is 0.335 e. The Balaban J connectivity index is 2.44. The largest absolute Gasteiger partial charge is 0.478 e. The van der Waals surface area contributed by atoms with Crippen LogP contribution in [-0.4, -0.2) is 16.1 Å². The molecule has 17 heavy (non-hydrogen) atoms. The van der Waals surface area contributed by atoms with Gasteiger partial charge in [-0.05, 0) is 35.8 Å². The molecule has 0 fully saturated rings. The lowest BCUT2D eigenvalue weighted by Crippen LogP contribution is -1.95. The third kappa shape index (κ3) is 1.64. The van der Waals surface area contributed by atoms with Gasteiger partial charge in [0.1, 0.15) is 0 Å². The molecule has 2 aromatic carbocycles. The summed E-state index contributed by atoms with van der Waals surface area (Å²) >= 11 is 6.63. The zero-order valence-electron chi connectivity index (χ0n) is 8.56. The molecule has 0 atom stereocenters. The predicted molar refractivity (Wildman–Crippen MR) is 71.5 cm³/mol. The van der Waals surface area contributed by atoms with Crippen molar-refractivity contribution in [2.45, 2.75) is 0 Å². The topological polar surface area (TPSA) is 53.1 Å². The standard InChI is InChI=1S/C12H7NO2S2/c14-11(15)7-1-3-8-6(5-7)2-4-9-10(8)13-12(16)17-9/h1-5H,(H,13,16)(H,14,15). The number of rotatable bonds is 1. The van der Waals surface area contributed by atoms with E-state index in [9.17, 15) is 4.79 Å². The van der Waals surface area contributed by atoms with Crippen LogP contribution in [0.3, 0.4) is 0 Å². The lowest BCUT2D eigenvalue weighted by atomic mass is 10.1. The molecule has 0 unspecified atom stereocenters. The van der Waals surface area contributed by atoms with Gasteiger partial charge in [-0.3, -0.25) is 0 Å². The van der Waals surface area contributed by atoms with Crippen LogP contribution in [0.1, 0.15) is 10.4 Å².